The fourth-order valence-electron chi connectivity index (χ4n) is 1.77. The second-order valence-corrected chi connectivity index (χ2v) is 7.21. The van der Waals surface area contributed by atoms with Crippen LogP contribution in [-0.2, 0) is 4.79 Å². The van der Waals surface area contributed by atoms with Crippen LogP contribution < -0.4 is 10.6 Å². The summed E-state index contributed by atoms with van der Waals surface area (Å²) in [4.78, 5) is 12.0. The van der Waals surface area contributed by atoms with E-state index in [0.717, 1.165) is 19.4 Å². The normalized spacial score (nSPS) is 14.4. The molecule has 2 N–H and O–H groups in total. The van der Waals surface area contributed by atoms with Gasteiger partial charge in [-0.15, -0.1) is 0 Å². The van der Waals surface area contributed by atoms with Gasteiger partial charge in [-0.3, -0.25) is 4.79 Å². The van der Waals surface area contributed by atoms with E-state index in [0.29, 0.717) is 0 Å². The van der Waals surface area contributed by atoms with Crippen molar-refractivity contribution >= 4 is 17.7 Å². The monoisotopic (exact) mass is 274 g/mol. The molecule has 0 bridgehead atoms. The molecular weight excluding hydrogens is 244 g/mol. The van der Waals surface area contributed by atoms with E-state index in [4.69, 9.17) is 0 Å². The molecule has 0 fully saturated rings. The molecule has 0 aliphatic rings. The van der Waals surface area contributed by atoms with Crippen LogP contribution in [0.3, 0.4) is 0 Å². The Morgan fingerprint density at radius 1 is 1.22 bits per heavy atom. The van der Waals surface area contributed by atoms with Crippen LogP contribution in [0.4, 0.5) is 0 Å². The van der Waals surface area contributed by atoms with Crippen molar-refractivity contribution in [3.63, 3.8) is 0 Å². The number of rotatable bonds is 7. The second kappa shape index (κ2) is 7.39. The lowest BCUT2D eigenvalue weighted by atomic mass is 10.0. The van der Waals surface area contributed by atoms with Crippen molar-refractivity contribution in [1.82, 2.24) is 10.6 Å². The average Bonchev–Trinajstić information content (AvgIpc) is 2.29. The first-order chi connectivity index (χ1) is 8.19. The van der Waals surface area contributed by atoms with Crippen LogP contribution in [0.5, 0.6) is 0 Å². The molecule has 3 nitrogen and oxygen atoms in total. The molecule has 0 heterocycles. The molecule has 1 amide bonds. The van der Waals surface area contributed by atoms with E-state index in [1.165, 1.54) is 0 Å². The molecule has 0 rings (SSSR count). The summed E-state index contributed by atoms with van der Waals surface area (Å²) in [6.07, 6.45) is 4.38. The van der Waals surface area contributed by atoms with Crippen LogP contribution in [-0.4, -0.2) is 35.0 Å². The first-order valence-corrected chi connectivity index (χ1v) is 8.02. The third kappa shape index (κ3) is 6.10. The van der Waals surface area contributed by atoms with E-state index in [9.17, 15) is 4.79 Å². The average molecular weight is 274 g/mol. The minimum Gasteiger partial charge on any atom is -0.350 e. The fraction of sp³-hybridized carbons (Fsp3) is 0.929. The Hall–Kier alpha value is -0.220. The molecule has 0 aliphatic heterocycles. The van der Waals surface area contributed by atoms with E-state index >= 15 is 0 Å². The van der Waals surface area contributed by atoms with Crippen LogP contribution in [0.15, 0.2) is 0 Å². The highest BCUT2D eigenvalue weighted by Gasteiger charge is 2.27. The van der Waals surface area contributed by atoms with Crippen LogP contribution in [0, 0.1) is 0 Å². The van der Waals surface area contributed by atoms with E-state index in [2.05, 4.69) is 30.7 Å². The van der Waals surface area contributed by atoms with Crippen molar-refractivity contribution in [2.45, 2.75) is 70.7 Å². The molecule has 108 valence electrons. The van der Waals surface area contributed by atoms with Crippen LogP contribution in [0.25, 0.3) is 0 Å². The minimum atomic E-state index is -0.168. The summed E-state index contributed by atoms with van der Waals surface area (Å²) < 4.78 is 0.246. The SMILES string of the molecule is CCC(CC)(CNC(C)C(=O)NC(C)(C)C)SC. The van der Waals surface area contributed by atoms with Crippen molar-refractivity contribution in [3.05, 3.63) is 0 Å². The quantitative estimate of drug-likeness (QED) is 0.750. The molecule has 0 saturated heterocycles. The molecule has 0 spiro atoms. The highest BCUT2D eigenvalue weighted by atomic mass is 32.2. The van der Waals surface area contributed by atoms with Gasteiger partial charge in [-0.05, 0) is 46.8 Å². The number of hydrogen-bond acceptors (Lipinski definition) is 3. The maximum Gasteiger partial charge on any atom is 0.237 e. The van der Waals surface area contributed by atoms with E-state index < -0.39 is 0 Å². The Labute approximate surface area is 117 Å². The summed E-state index contributed by atoms with van der Waals surface area (Å²) in [7, 11) is 0. The molecule has 1 unspecified atom stereocenters. The van der Waals surface area contributed by atoms with Gasteiger partial charge in [0.1, 0.15) is 0 Å². The summed E-state index contributed by atoms with van der Waals surface area (Å²) in [5.41, 5.74) is -0.168. The van der Waals surface area contributed by atoms with Crippen LogP contribution >= 0.6 is 11.8 Å². The molecule has 18 heavy (non-hydrogen) atoms. The van der Waals surface area contributed by atoms with Crippen molar-refractivity contribution in [2.24, 2.45) is 0 Å². The van der Waals surface area contributed by atoms with Gasteiger partial charge in [-0.2, -0.15) is 11.8 Å². The van der Waals surface area contributed by atoms with Gasteiger partial charge in [0.2, 0.25) is 5.91 Å². The Kier molecular flexibility index (Phi) is 7.30. The molecule has 0 aromatic heterocycles. The summed E-state index contributed by atoms with van der Waals surface area (Å²) in [5.74, 6) is 0.0738. The van der Waals surface area contributed by atoms with Gasteiger partial charge in [0.15, 0.2) is 0 Å². The van der Waals surface area contributed by atoms with Crippen molar-refractivity contribution in [1.29, 1.82) is 0 Å². The molecule has 4 heteroatoms. The van der Waals surface area contributed by atoms with Gasteiger partial charge in [-0.1, -0.05) is 13.8 Å². The number of hydrogen-bond donors (Lipinski definition) is 2. The molecule has 1 atom stereocenters. The summed E-state index contributed by atoms with van der Waals surface area (Å²) >= 11 is 1.89. The first-order valence-electron chi connectivity index (χ1n) is 6.80. The lowest BCUT2D eigenvalue weighted by Gasteiger charge is -2.32. The zero-order valence-corrected chi connectivity index (χ0v) is 13.8. The van der Waals surface area contributed by atoms with Gasteiger partial charge in [0.05, 0.1) is 6.04 Å². The molecular formula is C14H30N2OS. The lowest BCUT2D eigenvalue weighted by molar-refractivity contribution is -0.124. The van der Waals surface area contributed by atoms with Crippen molar-refractivity contribution < 1.29 is 4.79 Å². The molecule has 0 aromatic carbocycles. The molecule has 0 aromatic rings. The van der Waals surface area contributed by atoms with E-state index in [1.54, 1.807) is 0 Å². The maximum atomic E-state index is 12.0. The zero-order chi connectivity index (χ0) is 14.4. The van der Waals surface area contributed by atoms with Crippen molar-refractivity contribution in [2.75, 3.05) is 12.8 Å². The van der Waals surface area contributed by atoms with Crippen molar-refractivity contribution in [3.8, 4) is 0 Å². The Bertz CT molecular complexity index is 249. The summed E-state index contributed by atoms with van der Waals surface area (Å²) in [5, 5.41) is 6.37. The van der Waals surface area contributed by atoms with Crippen LogP contribution in [0.1, 0.15) is 54.4 Å². The van der Waals surface area contributed by atoms with Gasteiger partial charge < -0.3 is 10.6 Å². The van der Waals surface area contributed by atoms with Gasteiger partial charge in [0.25, 0.3) is 0 Å². The first kappa shape index (κ1) is 17.8. The highest BCUT2D eigenvalue weighted by Crippen LogP contribution is 2.29. The fourth-order valence-corrected chi connectivity index (χ4v) is 2.58. The van der Waals surface area contributed by atoms with E-state index in [-0.39, 0.29) is 22.2 Å². The number of carbonyl (C=O) groups excluding carboxylic acids is 1. The Morgan fingerprint density at radius 2 is 1.72 bits per heavy atom. The second-order valence-electron chi connectivity index (χ2n) is 5.94. The Balaban J connectivity index is 4.32. The smallest absolute Gasteiger partial charge is 0.237 e. The number of nitrogens with one attached hydrogen (secondary N) is 2. The van der Waals surface area contributed by atoms with Gasteiger partial charge in [-0.25, -0.2) is 0 Å². The third-order valence-corrected chi connectivity index (χ3v) is 4.93. The predicted octanol–water partition coefficient (Wildman–Crippen LogP) is 2.80. The Morgan fingerprint density at radius 3 is 2.06 bits per heavy atom. The van der Waals surface area contributed by atoms with Crippen LogP contribution in [0.2, 0.25) is 0 Å². The van der Waals surface area contributed by atoms with Gasteiger partial charge in [0, 0.05) is 16.8 Å². The minimum absolute atomic E-state index is 0.0738. The summed E-state index contributed by atoms with van der Waals surface area (Å²) in [6, 6.07) is -0.145. The standard InChI is InChI=1S/C14H30N2OS/c1-8-14(9-2,18-7)10-15-11(3)12(17)16-13(4,5)6/h11,15H,8-10H2,1-7H3,(H,16,17). The predicted molar refractivity (Wildman–Crippen MR) is 82.2 cm³/mol. The number of carbonyl (C=O) groups is 1. The maximum absolute atomic E-state index is 12.0. The largest absolute Gasteiger partial charge is 0.350 e. The van der Waals surface area contributed by atoms with E-state index in [1.807, 2.05) is 39.5 Å². The molecule has 0 aliphatic carbocycles. The lowest BCUT2D eigenvalue weighted by Crippen LogP contribution is -2.52. The number of thioether (sulfide) groups is 1. The number of amides is 1. The zero-order valence-electron chi connectivity index (χ0n) is 13.0. The topological polar surface area (TPSA) is 41.1 Å². The highest BCUT2D eigenvalue weighted by molar-refractivity contribution is 8.00. The molecule has 0 saturated carbocycles. The summed E-state index contributed by atoms with van der Waals surface area (Å²) in [6.45, 7) is 13.2. The van der Waals surface area contributed by atoms with Gasteiger partial charge >= 0.3 is 0 Å². The third-order valence-electron chi connectivity index (χ3n) is 3.34. The molecule has 0 radical (unpaired) electrons.